The van der Waals surface area contributed by atoms with Crippen LogP contribution in [0.15, 0.2) is 11.8 Å². The highest BCUT2D eigenvalue weighted by atomic mass is 19.1. The van der Waals surface area contributed by atoms with Crippen molar-refractivity contribution in [2.24, 2.45) is 17.8 Å². The summed E-state index contributed by atoms with van der Waals surface area (Å²) in [6, 6.07) is 0.317. The Labute approximate surface area is 244 Å². The third kappa shape index (κ3) is 5.06. The van der Waals surface area contributed by atoms with E-state index in [2.05, 4.69) is 32.4 Å². The Hall–Kier alpha value is -1.55. The topological polar surface area (TPSA) is 77.2 Å². The van der Waals surface area contributed by atoms with E-state index in [9.17, 15) is 9.59 Å². The summed E-state index contributed by atoms with van der Waals surface area (Å²) in [6.07, 6.45) is 11.9. The lowest BCUT2D eigenvalue weighted by Crippen LogP contribution is -2.74. The standard InChI is InChI=1S/C32H50FN5O3/c1-36-13-5-8-21(36)10-12-35-32(40)24-18-38-26-14-19-6-3-4-7-20(19)15-27(26)41-31-28(38)23(30(24)39)16-25(33)29(31)37(2)22-9-11-34-17-22/h18-23,25-29,31,34H,3-17H2,1-2H3,(H,35,40). The average Bonchev–Trinajstić information content (AvgIpc) is 3.65. The van der Waals surface area contributed by atoms with Crippen molar-refractivity contribution in [3.8, 4) is 0 Å². The van der Waals surface area contributed by atoms with Gasteiger partial charge in [-0.1, -0.05) is 25.7 Å². The van der Waals surface area contributed by atoms with E-state index in [1.807, 2.05) is 13.2 Å². The Kier molecular flexibility index (Phi) is 7.93. The number of carbonyl (C=O) groups excluding carboxylic acids is 2. The molecule has 11 unspecified atom stereocenters. The molecular weight excluding hydrogens is 521 g/mol. The molecule has 11 atom stereocenters. The molecule has 0 aromatic rings. The zero-order chi connectivity index (χ0) is 28.2. The van der Waals surface area contributed by atoms with Crippen molar-refractivity contribution in [2.75, 3.05) is 40.3 Å². The van der Waals surface area contributed by atoms with Gasteiger partial charge >= 0.3 is 0 Å². The molecule has 0 spiro atoms. The summed E-state index contributed by atoms with van der Waals surface area (Å²) in [5.74, 6) is 0.330. The van der Waals surface area contributed by atoms with Crippen LogP contribution >= 0.6 is 0 Å². The van der Waals surface area contributed by atoms with Gasteiger partial charge in [0.1, 0.15) is 6.17 Å². The minimum Gasteiger partial charge on any atom is -0.369 e. The van der Waals surface area contributed by atoms with E-state index in [0.717, 1.165) is 51.7 Å². The maximum Gasteiger partial charge on any atom is 0.256 e. The number of nitrogens with zero attached hydrogens (tertiary/aromatic N) is 3. The molecule has 0 aromatic heterocycles. The molecule has 1 amide bonds. The number of nitrogens with one attached hydrogen (secondary N) is 2. The van der Waals surface area contributed by atoms with Gasteiger partial charge in [-0.3, -0.25) is 14.5 Å². The van der Waals surface area contributed by atoms with E-state index in [4.69, 9.17) is 4.74 Å². The number of ether oxygens (including phenoxy) is 1. The van der Waals surface area contributed by atoms with Gasteiger partial charge in [-0.05, 0) is 84.0 Å². The van der Waals surface area contributed by atoms with Crippen molar-refractivity contribution < 1.29 is 18.7 Å². The SMILES string of the molecule is CN1CCCC1CCNC(=O)C1=CN2C3CC4CCCCC4CC3OC3C(N(C)C4CCNC4)C(F)CC(C1=O)C32. The van der Waals surface area contributed by atoms with E-state index in [-0.39, 0.29) is 60.1 Å². The highest BCUT2D eigenvalue weighted by Crippen LogP contribution is 2.50. The number of ketones is 1. The number of Topliss-reactive ketones (excluding diaryl/α,β-unsaturated/α-hetero) is 1. The third-order valence-electron chi connectivity index (χ3n) is 12.2. The van der Waals surface area contributed by atoms with Crippen molar-refractivity contribution in [1.29, 1.82) is 0 Å². The summed E-state index contributed by atoms with van der Waals surface area (Å²) in [5.41, 5.74) is 0.232. The van der Waals surface area contributed by atoms with Gasteiger partial charge in [0.2, 0.25) is 0 Å². The first-order chi connectivity index (χ1) is 19.9. The van der Waals surface area contributed by atoms with Crippen LogP contribution in [0.3, 0.4) is 0 Å². The van der Waals surface area contributed by atoms with Crippen molar-refractivity contribution in [3.05, 3.63) is 11.8 Å². The first-order valence-corrected chi connectivity index (χ1v) is 16.6. The van der Waals surface area contributed by atoms with Gasteiger partial charge in [0.05, 0.1) is 35.9 Å². The van der Waals surface area contributed by atoms with Crippen LogP contribution in [0.1, 0.15) is 70.6 Å². The zero-order valence-electron chi connectivity index (χ0n) is 25.0. The summed E-state index contributed by atoms with van der Waals surface area (Å²) in [5, 5.41) is 6.50. The molecule has 228 valence electrons. The fourth-order valence-electron chi connectivity index (χ4n) is 9.94. The number of rotatable bonds is 6. The maximum absolute atomic E-state index is 16.3. The quantitative estimate of drug-likeness (QED) is 0.475. The predicted molar refractivity (Wildman–Crippen MR) is 155 cm³/mol. The van der Waals surface area contributed by atoms with Crippen molar-refractivity contribution in [2.45, 2.75) is 119 Å². The molecule has 3 saturated carbocycles. The number of halogens is 1. The van der Waals surface area contributed by atoms with Gasteiger partial charge in [-0.2, -0.15) is 0 Å². The molecular formula is C32H50FN5O3. The molecule has 3 aliphatic carbocycles. The highest BCUT2D eigenvalue weighted by Gasteiger charge is 2.60. The number of likely N-dealkylation sites (tertiary alicyclic amines) is 1. The van der Waals surface area contributed by atoms with E-state index in [1.165, 1.54) is 32.1 Å². The highest BCUT2D eigenvalue weighted by molar-refractivity contribution is 6.20. The van der Waals surface area contributed by atoms with E-state index in [0.29, 0.717) is 24.4 Å². The lowest BCUT2D eigenvalue weighted by Gasteiger charge is -2.62. The molecule has 0 aromatic carbocycles. The van der Waals surface area contributed by atoms with Crippen LogP contribution in [-0.2, 0) is 14.3 Å². The number of amides is 1. The second kappa shape index (κ2) is 11.5. The maximum atomic E-state index is 16.3. The molecule has 7 rings (SSSR count). The molecule has 0 radical (unpaired) electrons. The molecule has 9 heteroatoms. The van der Waals surface area contributed by atoms with Crippen molar-refractivity contribution in [3.63, 3.8) is 0 Å². The van der Waals surface area contributed by atoms with Crippen LogP contribution in [-0.4, -0.2) is 115 Å². The Morgan fingerprint density at radius 3 is 2.68 bits per heavy atom. The number of carbonyl (C=O) groups is 2. The largest absolute Gasteiger partial charge is 0.369 e. The van der Waals surface area contributed by atoms with Crippen LogP contribution in [0, 0.1) is 17.8 Å². The number of fused-ring (bicyclic) bond motifs is 3. The smallest absolute Gasteiger partial charge is 0.256 e. The fourth-order valence-corrected chi connectivity index (χ4v) is 9.94. The van der Waals surface area contributed by atoms with E-state index < -0.39 is 12.1 Å². The zero-order valence-corrected chi connectivity index (χ0v) is 25.0. The van der Waals surface area contributed by atoms with E-state index >= 15 is 4.39 Å². The van der Waals surface area contributed by atoms with Gasteiger partial charge in [-0.15, -0.1) is 0 Å². The number of morpholine rings is 1. The van der Waals surface area contributed by atoms with Crippen LogP contribution in [0.5, 0.6) is 0 Å². The molecule has 41 heavy (non-hydrogen) atoms. The van der Waals surface area contributed by atoms with Crippen LogP contribution in [0.2, 0.25) is 0 Å². The Morgan fingerprint density at radius 1 is 1.15 bits per heavy atom. The molecule has 4 aliphatic heterocycles. The summed E-state index contributed by atoms with van der Waals surface area (Å²) < 4.78 is 23.3. The van der Waals surface area contributed by atoms with Crippen LogP contribution in [0.25, 0.3) is 0 Å². The normalized spacial score (nSPS) is 44.3. The first kappa shape index (κ1) is 28.2. The van der Waals surface area contributed by atoms with Gasteiger partial charge in [-0.25, -0.2) is 4.39 Å². The van der Waals surface area contributed by atoms with Gasteiger partial charge in [0, 0.05) is 37.3 Å². The molecule has 0 bridgehead atoms. The molecule has 3 saturated heterocycles. The number of hydrogen-bond acceptors (Lipinski definition) is 7. The molecule has 4 heterocycles. The van der Waals surface area contributed by atoms with Crippen molar-refractivity contribution >= 4 is 11.7 Å². The summed E-state index contributed by atoms with van der Waals surface area (Å²) in [4.78, 5) is 34.4. The van der Waals surface area contributed by atoms with Crippen LogP contribution in [0.4, 0.5) is 4.39 Å². The summed E-state index contributed by atoms with van der Waals surface area (Å²) >= 11 is 0. The lowest BCUT2D eigenvalue weighted by atomic mass is 9.64. The number of likely N-dealkylation sites (N-methyl/N-ethyl adjacent to an activating group) is 1. The van der Waals surface area contributed by atoms with Crippen LogP contribution < -0.4 is 10.6 Å². The minimum absolute atomic E-state index is 0.0193. The lowest BCUT2D eigenvalue weighted by molar-refractivity contribution is -0.221. The first-order valence-electron chi connectivity index (χ1n) is 16.6. The number of hydrogen-bond donors (Lipinski definition) is 2. The monoisotopic (exact) mass is 571 g/mol. The Morgan fingerprint density at radius 2 is 1.95 bits per heavy atom. The second-order valence-electron chi connectivity index (χ2n) is 14.3. The van der Waals surface area contributed by atoms with Gasteiger partial charge in [0.15, 0.2) is 5.78 Å². The van der Waals surface area contributed by atoms with Gasteiger partial charge < -0.3 is 25.2 Å². The third-order valence-corrected chi connectivity index (χ3v) is 12.2. The summed E-state index contributed by atoms with van der Waals surface area (Å²) in [7, 11) is 4.19. The minimum atomic E-state index is -1.17. The van der Waals surface area contributed by atoms with E-state index in [1.54, 1.807) is 0 Å². The second-order valence-corrected chi connectivity index (χ2v) is 14.3. The number of alkyl halides is 1. The molecule has 2 N–H and O–H groups in total. The van der Waals surface area contributed by atoms with Crippen molar-refractivity contribution in [1.82, 2.24) is 25.3 Å². The Balaban J connectivity index is 1.17. The fraction of sp³-hybridized carbons (Fsp3) is 0.875. The van der Waals surface area contributed by atoms with Gasteiger partial charge in [0.25, 0.3) is 5.91 Å². The molecule has 6 fully saturated rings. The molecule has 7 aliphatic rings. The Bertz CT molecular complexity index is 1030. The predicted octanol–water partition coefficient (Wildman–Crippen LogP) is 2.48. The molecule has 8 nitrogen and oxygen atoms in total. The summed E-state index contributed by atoms with van der Waals surface area (Å²) in [6.45, 7) is 3.47. The average molecular weight is 572 g/mol.